The molecule has 0 saturated carbocycles. The summed E-state index contributed by atoms with van der Waals surface area (Å²) in [4.78, 5) is 10.3. The summed E-state index contributed by atoms with van der Waals surface area (Å²) in [7, 11) is 0. The first-order chi connectivity index (χ1) is 8.20. The Labute approximate surface area is 98.5 Å². The lowest BCUT2D eigenvalue weighted by Crippen LogP contribution is -2.27. The molecule has 17 heavy (non-hydrogen) atoms. The summed E-state index contributed by atoms with van der Waals surface area (Å²) in [5.74, 6) is 0.729. The van der Waals surface area contributed by atoms with Gasteiger partial charge in [-0.3, -0.25) is 10.1 Å². The third-order valence-corrected chi connectivity index (χ3v) is 3.25. The van der Waals surface area contributed by atoms with Crippen LogP contribution in [0.1, 0.15) is 31.4 Å². The molecule has 2 aliphatic heterocycles. The van der Waals surface area contributed by atoms with Crippen LogP contribution in [-0.4, -0.2) is 17.1 Å². The molecule has 3 rings (SSSR count). The fraction of sp³-hybridized carbons (Fsp3) is 0.500. The van der Waals surface area contributed by atoms with Crippen LogP contribution in [0.5, 0.6) is 5.75 Å². The van der Waals surface area contributed by atoms with Crippen LogP contribution in [0.25, 0.3) is 0 Å². The highest BCUT2D eigenvalue weighted by molar-refractivity contribution is 5.48. The summed E-state index contributed by atoms with van der Waals surface area (Å²) < 4.78 is 11.4. The predicted molar refractivity (Wildman–Crippen MR) is 60.0 cm³/mol. The van der Waals surface area contributed by atoms with Crippen molar-refractivity contribution in [3.8, 4) is 5.75 Å². The Morgan fingerprint density at radius 3 is 3.00 bits per heavy atom. The summed E-state index contributed by atoms with van der Waals surface area (Å²) in [6.07, 6.45) is 2.18. The molecule has 3 atom stereocenters. The molecular formula is C12H13NO4. The van der Waals surface area contributed by atoms with E-state index in [1.807, 2.05) is 0 Å². The second-order valence-electron chi connectivity index (χ2n) is 4.45. The number of fused-ring (bicyclic) bond motifs is 3. The van der Waals surface area contributed by atoms with Crippen molar-refractivity contribution in [3.05, 3.63) is 33.9 Å². The minimum atomic E-state index is -0.393. The SMILES string of the molecule is CCC[C@@H]1Oc2ccc([N+](=O)[O-])cc2[C@@H]2O[C@H]12. The van der Waals surface area contributed by atoms with Crippen LogP contribution in [0, 0.1) is 10.1 Å². The molecule has 0 radical (unpaired) electrons. The van der Waals surface area contributed by atoms with Gasteiger partial charge in [0.05, 0.1) is 4.92 Å². The summed E-state index contributed by atoms with van der Waals surface area (Å²) in [5.41, 5.74) is 0.909. The molecule has 2 heterocycles. The average Bonchev–Trinajstić information content (AvgIpc) is 3.09. The van der Waals surface area contributed by atoms with E-state index in [2.05, 4.69) is 6.92 Å². The predicted octanol–water partition coefficient (Wildman–Crippen LogP) is 2.60. The van der Waals surface area contributed by atoms with E-state index in [1.54, 1.807) is 12.1 Å². The van der Waals surface area contributed by atoms with Gasteiger partial charge in [0.1, 0.15) is 24.1 Å². The topological polar surface area (TPSA) is 64.9 Å². The van der Waals surface area contributed by atoms with Crippen LogP contribution in [-0.2, 0) is 4.74 Å². The van der Waals surface area contributed by atoms with Crippen molar-refractivity contribution in [3.63, 3.8) is 0 Å². The molecule has 0 spiro atoms. The number of nitro groups is 1. The van der Waals surface area contributed by atoms with Gasteiger partial charge in [-0.05, 0) is 12.5 Å². The van der Waals surface area contributed by atoms with Crippen LogP contribution in [0.3, 0.4) is 0 Å². The number of ether oxygens (including phenoxy) is 2. The van der Waals surface area contributed by atoms with Crippen LogP contribution >= 0.6 is 0 Å². The van der Waals surface area contributed by atoms with E-state index < -0.39 is 4.92 Å². The average molecular weight is 235 g/mol. The first kappa shape index (κ1) is 10.5. The van der Waals surface area contributed by atoms with Crippen molar-refractivity contribution in [2.45, 2.75) is 38.1 Å². The lowest BCUT2D eigenvalue weighted by molar-refractivity contribution is -0.385. The molecule has 0 bridgehead atoms. The van der Waals surface area contributed by atoms with Gasteiger partial charge in [-0.25, -0.2) is 0 Å². The second-order valence-corrected chi connectivity index (χ2v) is 4.45. The van der Waals surface area contributed by atoms with E-state index in [-0.39, 0.29) is 24.0 Å². The van der Waals surface area contributed by atoms with E-state index in [4.69, 9.17) is 9.47 Å². The molecule has 1 saturated heterocycles. The zero-order valence-electron chi connectivity index (χ0n) is 9.46. The monoisotopic (exact) mass is 235 g/mol. The highest BCUT2D eigenvalue weighted by Gasteiger charge is 2.52. The molecule has 5 nitrogen and oxygen atoms in total. The minimum absolute atomic E-state index is 0.00444. The Bertz CT molecular complexity index is 474. The summed E-state index contributed by atoms with van der Waals surface area (Å²) in [6, 6.07) is 4.71. The highest BCUT2D eigenvalue weighted by Crippen LogP contribution is 2.51. The number of rotatable bonds is 3. The molecule has 0 N–H and O–H groups in total. The summed E-state index contributed by atoms with van der Waals surface area (Å²) in [5, 5.41) is 10.7. The molecule has 1 aromatic rings. The zero-order chi connectivity index (χ0) is 12.0. The number of nitrogens with zero attached hydrogens (tertiary/aromatic N) is 1. The van der Waals surface area contributed by atoms with Crippen LogP contribution in [0.15, 0.2) is 18.2 Å². The number of hydrogen-bond donors (Lipinski definition) is 0. The van der Waals surface area contributed by atoms with Crippen molar-refractivity contribution < 1.29 is 14.4 Å². The first-order valence-corrected chi connectivity index (χ1v) is 5.81. The van der Waals surface area contributed by atoms with Crippen LogP contribution in [0.2, 0.25) is 0 Å². The second kappa shape index (κ2) is 3.70. The number of non-ortho nitro benzene ring substituents is 1. The molecule has 5 heteroatoms. The summed E-state index contributed by atoms with van der Waals surface area (Å²) >= 11 is 0. The minimum Gasteiger partial charge on any atom is -0.487 e. The highest BCUT2D eigenvalue weighted by atomic mass is 16.6. The fourth-order valence-electron chi connectivity index (χ4n) is 2.37. The van der Waals surface area contributed by atoms with Gasteiger partial charge in [-0.15, -0.1) is 0 Å². The molecule has 90 valence electrons. The lowest BCUT2D eigenvalue weighted by Gasteiger charge is -2.22. The normalized spacial score (nSPS) is 28.9. The maximum absolute atomic E-state index is 10.7. The number of benzene rings is 1. The third-order valence-electron chi connectivity index (χ3n) is 3.25. The molecule has 0 amide bonds. The first-order valence-electron chi connectivity index (χ1n) is 5.81. The zero-order valence-corrected chi connectivity index (χ0v) is 9.46. The van der Waals surface area contributed by atoms with Gasteiger partial charge >= 0.3 is 0 Å². The standard InChI is InChI=1S/C12H13NO4/c1-2-3-10-12-11(17-12)8-6-7(13(14)15)4-5-9(8)16-10/h4-6,10-12H,2-3H2,1H3/t10-,11-,12+/m0/s1. The molecule has 1 fully saturated rings. The van der Waals surface area contributed by atoms with Crippen LogP contribution in [0.4, 0.5) is 5.69 Å². The molecular weight excluding hydrogens is 222 g/mol. The van der Waals surface area contributed by atoms with Gasteiger partial charge in [0.2, 0.25) is 0 Å². The van der Waals surface area contributed by atoms with E-state index in [1.165, 1.54) is 6.07 Å². The van der Waals surface area contributed by atoms with E-state index in [0.717, 1.165) is 24.2 Å². The largest absolute Gasteiger partial charge is 0.487 e. The maximum Gasteiger partial charge on any atom is 0.270 e. The van der Waals surface area contributed by atoms with E-state index in [0.29, 0.717) is 0 Å². The summed E-state index contributed by atoms with van der Waals surface area (Å²) in [6.45, 7) is 2.10. The Morgan fingerprint density at radius 1 is 1.47 bits per heavy atom. The van der Waals surface area contributed by atoms with E-state index >= 15 is 0 Å². The van der Waals surface area contributed by atoms with Crippen LogP contribution < -0.4 is 4.74 Å². The Kier molecular flexibility index (Phi) is 2.29. The molecule has 0 unspecified atom stereocenters. The van der Waals surface area contributed by atoms with Gasteiger partial charge < -0.3 is 9.47 Å². The molecule has 1 aromatic carbocycles. The Morgan fingerprint density at radius 2 is 2.29 bits per heavy atom. The van der Waals surface area contributed by atoms with Gasteiger partial charge in [-0.1, -0.05) is 13.3 Å². The van der Waals surface area contributed by atoms with Crippen molar-refractivity contribution in [1.82, 2.24) is 0 Å². The molecule has 2 aliphatic rings. The van der Waals surface area contributed by atoms with Crippen molar-refractivity contribution in [2.75, 3.05) is 0 Å². The number of nitro benzene ring substituents is 1. The fourth-order valence-corrected chi connectivity index (χ4v) is 2.37. The van der Waals surface area contributed by atoms with E-state index in [9.17, 15) is 10.1 Å². The molecule has 0 aliphatic carbocycles. The lowest BCUT2D eigenvalue weighted by atomic mass is 9.99. The van der Waals surface area contributed by atoms with Gasteiger partial charge in [0.15, 0.2) is 0 Å². The van der Waals surface area contributed by atoms with Crippen molar-refractivity contribution in [1.29, 1.82) is 0 Å². The van der Waals surface area contributed by atoms with Crippen molar-refractivity contribution >= 4 is 5.69 Å². The van der Waals surface area contributed by atoms with Gasteiger partial charge in [0.25, 0.3) is 5.69 Å². The van der Waals surface area contributed by atoms with Crippen molar-refractivity contribution in [2.24, 2.45) is 0 Å². The quantitative estimate of drug-likeness (QED) is 0.459. The third kappa shape index (κ3) is 1.67. The Hall–Kier alpha value is -1.62. The maximum atomic E-state index is 10.7. The number of hydrogen-bond acceptors (Lipinski definition) is 4. The number of epoxide rings is 1. The smallest absolute Gasteiger partial charge is 0.270 e. The van der Waals surface area contributed by atoms with Gasteiger partial charge in [0, 0.05) is 17.7 Å². The molecule has 0 aromatic heterocycles. The Balaban J connectivity index is 1.92. The van der Waals surface area contributed by atoms with Gasteiger partial charge in [-0.2, -0.15) is 0 Å².